The van der Waals surface area contributed by atoms with Gasteiger partial charge in [0, 0.05) is 31.5 Å². The predicted molar refractivity (Wildman–Crippen MR) is 77.1 cm³/mol. The van der Waals surface area contributed by atoms with Crippen LogP contribution in [0.3, 0.4) is 0 Å². The average molecular weight is 283 g/mol. The van der Waals surface area contributed by atoms with E-state index < -0.39 is 0 Å². The molecular weight excluding hydrogens is 264 g/mol. The summed E-state index contributed by atoms with van der Waals surface area (Å²) >= 11 is 5.85. The Balaban J connectivity index is 2.43. The molecule has 0 saturated heterocycles. The molecule has 0 aromatic carbocycles. The number of aromatic nitrogens is 3. The van der Waals surface area contributed by atoms with Gasteiger partial charge in [-0.1, -0.05) is 0 Å². The number of hydrogen-bond acceptors (Lipinski definition) is 4. The van der Waals surface area contributed by atoms with Crippen molar-refractivity contribution in [1.82, 2.24) is 19.4 Å². The van der Waals surface area contributed by atoms with Crippen molar-refractivity contribution in [2.45, 2.75) is 13.0 Å². The fourth-order valence-electron chi connectivity index (χ4n) is 1.96. The number of imidazole rings is 1. The molecule has 0 bridgehead atoms. The highest BCUT2D eigenvalue weighted by atomic mass is 35.5. The van der Waals surface area contributed by atoms with E-state index in [1.54, 1.807) is 7.11 Å². The molecule has 0 atom stereocenters. The van der Waals surface area contributed by atoms with Crippen molar-refractivity contribution in [3.05, 3.63) is 18.0 Å². The van der Waals surface area contributed by atoms with Crippen LogP contribution in [0.1, 0.15) is 5.82 Å². The summed E-state index contributed by atoms with van der Waals surface area (Å²) in [5.41, 5.74) is 1.75. The molecule has 0 N–H and O–H groups in total. The molecule has 104 valence electrons. The minimum Gasteiger partial charge on any atom is -0.481 e. The summed E-state index contributed by atoms with van der Waals surface area (Å²) in [5.74, 6) is 2.14. The highest BCUT2D eigenvalue weighted by Gasteiger charge is 2.12. The minimum absolute atomic E-state index is 0.558. The SMILES string of the molecule is COc1ccc2nc(CCCl)n(CCN(C)C)c2n1. The van der Waals surface area contributed by atoms with E-state index in [0.29, 0.717) is 11.8 Å². The second kappa shape index (κ2) is 6.21. The van der Waals surface area contributed by atoms with E-state index >= 15 is 0 Å². The lowest BCUT2D eigenvalue weighted by atomic mass is 10.4. The van der Waals surface area contributed by atoms with Crippen LogP contribution >= 0.6 is 11.6 Å². The minimum atomic E-state index is 0.558. The van der Waals surface area contributed by atoms with Gasteiger partial charge in [0.15, 0.2) is 5.65 Å². The van der Waals surface area contributed by atoms with Crippen molar-refractivity contribution in [3.8, 4) is 5.88 Å². The Hall–Kier alpha value is -1.33. The number of methoxy groups -OCH3 is 1. The lowest BCUT2D eigenvalue weighted by Crippen LogP contribution is -2.20. The highest BCUT2D eigenvalue weighted by Crippen LogP contribution is 2.18. The number of halogens is 1. The second-order valence-corrected chi connectivity index (χ2v) is 5.00. The number of fused-ring (bicyclic) bond motifs is 1. The van der Waals surface area contributed by atoms with E-state index in [9.17, 15) is 0 Å². The lowest BCUT2D eigenvalue weighted by Gasteiger charge is -2.12. The number of nitrogens with zero attached hydrogens (tertiary/aromatic N) is 4. The number of likely N-dealkylation sites (N-methyl/N-ethyl adjacent to an activating group) is 1. The Labute approximate surface area is 118 Å². The van der Waals surface area contributed by atoms with Crippen LogP contribution in [-0.4, -0.2) is 53.1 Å². The molecule has 2 aromatic rings. The van der Waals surface area contributed by atoms with Crippen LogP contribution in [0.5, 0.6) is 5.88 Å². The van der Waals surface area contributed by atoms with Crippen LogP contribution in [0.25, 0.3) is 11.2 Å². The number of pyridine rings is 1. The standard InChI is InChI=1S/C13H19ClN4O/c1-17(2)8-9-18-11(6-7-14)15-10-4-5-12(19-3)16-13(10)18/h4-5H,6-9H2,1-3H3. The maximum absolute atomic E-state index is 5.85. The predicted octanol–water partition coefficient (Wildman–Crippen LogP) is 1.78. The van der Waals surface area contributed by atoms with Gasteiger partial charge in [-0.05, 0) is 20.2 Å². The van der Waals surface area contributed by atoms with E-state index in [0.717, 1.165) is 36.5 Å². The van der Waals surface area contributed by atoms with Crippen molar-refractivity contribution in [2.75, 3.05) is 33.6 Å². The second-order valence-electron chi connectivity index (χ2n) is 4.62. The molecule has 0 unspecified atom stereocenters. The van der Waals surface area contributed by atoms with Gasteiger partial charge in [0.1, 0.15) is 11.3 Å². The fraction of sp³-hybridized carbons (Fsp3) is 0.538. The van der Waals surface area contributed by atoms with Crippen LogP contribution in [0.15, 0.2) is 12.1 Å². The van der Waals surface area contributed by atoms with Crippen molar-refractivity contribution in [2.24, 2.45) is 0 Å². The molecule has 0 amide bonds. The Kier molecular flexibility index (Phi) is 4.61. The zero-order valence-corrected chi connectivity index (χ0v) is 12.3. The van der Waals surface area contributed by atoms with E-state index in [1.165, 1.54) is 0 Å². The first-order chi connectivity index (χ1) is 9.15. The zero-order valence-electron chi connectivity index (χ0n) is 11.6. The maximum atomic E-state index is 5.85. The molecule has 19 heavy (non-hydrogen) atoms. The third kappa shape index (κ3) is 3.16. The fourth-order valence-corrected chi connectivity index (χ4v) is 2.12. The van der Waals surface area contributed by atoms with Gasteiger partial charge in [-0.3, -0.25) is 0 Å². The lowest BCUT2D eigenvalue weighted by molar-refractivity contribution is 0.381. The molecule has 0 radical (unpaired) electrons. The van der Waals surface area contributed by atoms with Gasteiger partial charge in [0.2, 0.25) is 5.88 Å². The van der Waals surface area contributed by atoms with Crippen LogP contribution in [0, 0.1) is 0 Å². The summed E-state index contributed by atoms with van der Waals surface area (Å²) in [5, 5.41) is 0. The van der Waals surface area contributed by atoms with Gasteiger partial charge in [0.05, 0.1) is 7.11 Å². The average Bonchev–Trinajstić information content (AvgIpc) is 2.73. The summed E-state index contributed by atoms with van der Waals surface area (Å²) in [4.78, 5) is 11.2. The van der Waals surface area contributed by atoms with Crippen molar-refractivity contribution >= 4 is 22.8 Å². The summed E-state index contributed by atoms with van der Waals surface area (Å²) in [7, 11) is 5.72. The van der Waals surface area contributed by atoms with E-state index in [4.69, 9.17) is 16.3 Å². The van der Waals surface area contributed by atoms with Crippen molar-refractivity contribution in [3.63, 3.8) is 0 Å². The molecule has 0 aliphatic heterocycles. The third-order valence-electron chi connectivity index (χ3n) is 2.94. The highest BCUT2D eigenvalue weighted by molar-refractivity contribution is 6.17. The van der Waals surface area contributed by atoms with Crippen molar-refractivity contribution in [1.29, 1.82) is 0 Å². The molecule has 2 aromatic heterocycles. The Morgan fingerprint density at radius 1 is 1.32 bits per heavy atom. The Bertz CT molecular complexity index is 553. The largest absolute Gasteiger partial charge is 0.481 e. The first-order valence-electron chi connectivity index (χ1n) is 6.26. The molecule has 0 spiro atoms. The summed E-state index contributed by atoms with van der Waals surface area (Å²) in [6.45, 7) is 1.77. The Morgan fingerprint density at radius 2 is 2.11 bits per heavy atom. The van der Waals surface area contributed by atoms with Gasteiger partial charge in [-0.25, -0.2) is 4.98 Å². The van der Waals surface area contributed by atoms with Crippen molar-refractivity contribution < 1.29 is 4.74 Å². The van der Waals surface area contributed by atoms with Gasteiger partial charge >= 0.3 is 0 Å². The molecule has 0 aliphatic rings. The maximum Gasteiger partial charge on any atom is 0.215 e. The van der Waals surface area contributed by atoms with Gasteiger partial charge < -0.3 is 14.2 Å². The summed E-state index contributed by atoms with van der Waals surface area (Å²) < 4.78 is 7.31. The van der Waals surface area contributed by atoms with E-state index in [-0.39, 0.29) is 0 Å². The van der Waals surface area contributed by atoms with Crippen LogP contribution < -0.4 is 4.74 Å². The zero-order chi connectivity index (χ0) is 13.8. The van der Waals surface area contributed by atoms with Crippen LogP contribution in [-0.2, 0) is 13.0 Å². The number of alkyl halides is 1. The first kappa shape index (κ1) is 14.1. The summed E-state index contributed by atoms with van der Waals surface area (Å²) in [6, 6.07) is 3.77. The molecule has 0 fully saturated rings. The molecule has 2 rings (SSSR count). The quantitative estimate of drug-likeness (QED) is 0.758. The Morgan fingerprint density at radius 3 is 2.74 bits per heavy atom. The van der Waals surface area contributed by atoms with Crippen LogP contribution in [0.4, 0.5) is 0 Å². The smallest absolute Gasteiger partial charge is 0.215 e. The monoisotopic (exact) mass is 282 g/mol. The third-order valence-corrected chi connectivity index (χ3v) is 3.13. The van der Waals surface area contributed by atoms with Gasteiger partial charge in [0.25, 0.3) is 0 Å². The molecule has 6 heteroatoms. The molecule has 5 nitrogen and oxygen atoms in total. The van der Waals surface area contributed by atoms with Crippen LogP contribution in [0.2, 0.25) is 0 Å². The normalized spacial score (nSPS) is 11.4. The summed E-state index contributed by atoms with van der Waals surface area (Å²) in [6.07, 6.45) is 0.744. The van der Waals surface area contributed by atoms with Gasteiger partial charge in [-0.2, -0.15) is 4.98 Å². The van der Waals surface area contributed by atoms with E-state index in [2.05, 4.69) is 19.4 Å². The topological polar surface area (TPSA) is 43.2 Å². The number of aryl methyl sites for hydroxylation is 1. The molecular formula is C13H19ClN4O. The van der Waals surface area contributed by atoms with Gasteiger partial charge in [-0.15, -0.1) is 11.6 Å². The number of rotatable bonds is 6. The molecule has 0 aliphatic carbocycles. The number of hydrogen-bond donors (Lipinski definition) is 0. The number of ether oxygens (including phenoxy) is 1. The molecule has 2 heterocycles. The first-order valence-corrected chi connectivity index (χ1v) is 6.80. The molecule has 0 saturated carbocycles. The van der Waals surface area contributed by atoms with E-state index in [1.807, 2.05) is 26.2 Å².